The van der Waals surface area contributed by atoms with E-state index in [1.165, 1.54) is 11.3 Å². The van der Waals surface area contributed by atoms with Gasteiger partial charge < -0.3 is 14.9 Å². The first kappa shape index (κ1) is 12.4. The van der Waals surface area contributed by atoms with Crippen molar-refractivity contribution >= 4 is 5.69 Å². The maximum Gasteiger partial charge on any atom is 0.0651 e. The average Bonchev–Trinajstić information content (AvgIpc) is 2.27. The highest BCUT2D eigenvalue weighted by molar-refractivity contribution is 5.51. The fraction of sp³-hybridized carbons (Fsp3) is 0.571. The molecule has 2 rings (SSSR count). The fourth-order valence-electron chi connectivity index (χ4n) is 2.82. The van der Waals surface area contributed by atoms with E-state index in [1.807, 2.05) is 0 Å². The number of piperazine rings is 1. The molecule has 0 amide bonds. The molecular weight excluding hydrogens is 212 g/mol. The van der Waals surface area contributed by atoms with Crippen molar-refractivity contribution in [3.05, 3.63) is 29.8 Å². The Hall–Kier alpha value is -1.06. The summed E-state index contributed by atoms with van der Waals surface area (Å²) in [6.45, 7) is 6.51. The molecular formula is C14H22N2O. The molecule has 1 N–H and O–H groups in total. The zero-order chi connectivity index (χ0) is 12.4. The van der Waals surface area contributed by atoms with Gasteiger partial charge in [0.2, 0.25) is 0 Å². The minimum absolute atomic E-state index is 0.200. The van der Waals surface area contributed by atoms with Crippen molar-refractivity contribution in [1.29, 1.82) is 0 Å². The molecule has 0 radical (unpaired) electrons. The van der Waals surface area contributed by atoms with Gasteiger partial charge in [0.15, 0.2) is 0 Å². The maximum atomic E-state index is 9.56. The van der Waals surface area contributed by atoms with Crippen molar-refractivity contribution in [1.82, 2.24) is 4.90 Å². The van der Waals surface area contributed by atoms with Crippen LogP contribution < -0.4 is 4.90 Å². The van der Waals surface area contributed by atoms with Gasteiger partial charge in [-0.15, -0.1) is 0 Å². The highest BCUT2D eigenvalue weighted by Gasteiger charge is 2.30. The van der Waals surface area contributed by atoms with Gasteiger partial charge >= 0.3 is 0 Å². The number of nitrogens with zero attached hydrogens (tertiary/aromatic N) is 2. The molecule has 1 fully saturated rings. The van der Waals surface area contributed by atoms with Crippen LogP contribution in [0.2, 0.25) is 0 Å². The summed E-state index contributed by atoms with van der Waals surface area (Å²) < 4.78 is 0. The van der Waals surface area contributed by atoms with Crippen LogP contribution in [0.3, 0.4) is 0 Å². The van der Waals surface area contributed by atoms with Gasteiger partial charge in [0, 0.05) is 24.8 Å². The van der Waals surface area contributed by atoms with Crippen molar-refractivity contribution in [3.8, 4) is 0 Å². The summed E-state index contributed by atoms with van der Waals surface area (Å²) in [7, 11) is 2.12. The number of anilines is 1. The monoisotopic (exact) mass is 234 g/mol. The van der Waals surface area contributed by atoms with E-state index in [0.717, 1.165) is 13.1 Å². The van der Waals surface area contributed by atoms with Crippen LogP contribution >= 0.6 is 0 Å². The molecule has 1 aliphatic rings. The minimum atomic E-state index is 0.200. The number of hydrogen-bond donors (Lipinski definition) is 1. The molecule has 1 aromatic rings. The van der Waals surface area contributed by atoms with Gasteiger partial charge in [-0.3, -0.25) is 0 Å². The van der Waals surface area contributed by atoms with E-state index < -0.39 is 0 Å². The Morgan fingerprint density at radius 1 is 1.35 bits per heavy atom. The second-order valence-corrected chi connectivity index (χ2v) is 5.15. The first-order valence-corrected chi connectivity index (χ1v) is 6.26. The lowest BCUT2D eigenvalue weighted by atomic mass is 10.1. The number of hydrogen-bond acceptors (Lipinski definition) is 3. The van der Waals surface area contributed by atoms with Gasteiger partial charge in [0.1, 0.15) is 0 Å². The lowest BCUT2D eigenvalue weighted by Crippen LogP contribution is -2.58. The molecule has 3 heteroatoms. The van der Waals surface area contributed by atoms with E-state index >= 15 is 0 Å². The van der Waals surface area contributed by atoms with Crippen LogP contribution in [0.1, 0.15) is 12.5 Å². The second kappa shape index (κ2) is 5.07. The van der Waals surface area contributed by atoms with Crippen molar-refractivity contribution in [2.75, 3.05) is 31.6 Å². The Labute approximate surface area is 104 Å². The van der Waals surface area contributed by atoms with Crippen LogP contribution in [0.4, 0.5) is 5.69 Å². The van der Waals surface area contributed by atoms with Crippen molar-refractivity contribution in [2.24, 2.45) is 0 Å². The van der Waals surface area contributed by atoms with E-state index in [1.54, 1.807) is 0 Å². The summed E-state index contributed by atoms with van der Waals surface area (Å²) in [4.78, 5) is 4.64. The predicted octanol–water partition coefficient (Wildman–Crippen LogP) is 1.50. The largest absolute Gasteiger partial charge is 0.394 e. The van der Waals surface area contributed by atoms with Crippen LogP contribution in [0, 0.1) is 6.92 Å². The molecule has 17 heavy (non-hydrogen) atoms. The zero-order valence-corrected chi connectivity index (χ0v) is 10.9. The van der Waals surface area contributed by atoms with E-state index in [0.29, 0.717) is 6.04 Å². The third kappa shape index (κ3) is 2.61. The number of aliphatic hydroxyl groups excluding tert-OH is 1. The van der Waals surface area contributed by atoms with E-state index in [-0.39, 0.29) is 12.6 Å². The van der Waals surface area contributed by atoms with Crippen LogP contribution in [-0.4, -0.2) is 48.8 Å². The normalized spacial score (nSPS) is 26.2. The third-order valence-electron chi connectivity index (χ3n) is 3.48. The first-order valence-electron chi connectivity index (χ1n) is 6.26. The van der Waals surface area contributed by atoms with E-state index in [2.05, 4.69) is 55.0 Å². The van der Waals surface area contributed by atoms with Crippen molar-refractivity contribution in [3.63, 3.8) is 0 Å². The van der Waals surface area contributed by atoms with E-state index in [9.17, 15) is 5.11 Å². The number of likely N-dealkylation sites (N-methyl/N-ethyl adjacent to an activating group) is 1. The van der Waals surface area contributed by atoms with Crippen LogP contribution in [0.5, 0.6) is 0 Å². The van der Waals surface area contributed by atoms with Gasteiger partial charge in [-0.1, -0.05) is 12.1 Å². The summed E-state index contributed by atoms with van der Waals surface area (Å²) in [5, 5.41) is 9.56. The zero-order valence-electron chi connectivity index (χ0n) is 10.9. The predicted molar refractivity (Wildman–Crippen MR) is 71.5 cm³/mol. The maximum absolute atomic E-state index is 9.56. The summed E-state index contributed by atoms with van der Waals surface area (Å²) in [5.41, 5.74) is 2.50. The van der Waals surface area contributed by atoms with Crippen LogP contribution in [0.15, 0.2) is 24.3 Å². The Balaban J connectivity index is 2.28. The van der Waals surface area contributed by atoms with Gasteiger partial charge in [-0.05, 0) is 38.6 Å². The average molecular weight is 234 g/mol. The Kier molecular flexibility index (Phi) is 3.69. The fourth-order valence-corrected chi connectivity index (χ4v) is 2.82. The Bertz CT molecular complexity index is 380. The minimum Gasteiger partial charge on any atom is -0.394 e. The molecule has 1 saturated heterocycles. The highest BCUT2D eigenvalue weighted by Crippen LogP contribution is 2.24. The third-order valence-corrected chi connectivity index (χ3v) is 3.48. The van der Waals surface area contributed by atoms with E-state index in [4.69, 9.17) is 0 Å². The smallest absolute Gasteiger partial charge is 0.0651 e. The molecule has 1 aromatic carbocycles. The van der Waals surface area contributed by atoms with Crippen molar-refractivity contribution < 1.29 is 5.11 Å². The SMILES string of the molecule is Cc1cccc(N2C(C)CN(C)CC2CO)c1. The quantitative estimate of drug-likeness (QED) is 0.840. The summed E-state index contributed by atoms with van der Waals surface area (Å²) >= 11 is 0. The molecule has 0 aliphatic carbocycles. The molecule has 94 valence electrons. The molecule has 0 spiro atoms. The molecule has 0 aromatic heterocycles. The van der Waals surface area contributed by atoms with Crippen LogP contribution in [-0.2, 0) is 0 Å². The first-order chi connectivity index (χ1) is 8.11. The van der Waals surface area contributed by atoms with Gasteiger partial charge in [0.25, 0.3) is 0 Å². The molecule has 1 heterocycles. The second-order valence-electron chi connectivity index (χ2n) is 5.15. The number of rotatable bonds is 2. The van der Waals surface area contributed by atoms with Crippen molar-refractivity contribution in [2.45, 2.75) is 25.9 Å². The van der Waals surface area contributed by atoms with Gasteiger partial charge in [0.05, 0.1) is 12.6 Å². The standard InChI is InChI=1S/C14H22N2O/c1-11-5-4-6-13(7-11)16-12(2)8-15(3)9-14(16)10-17/h4-7,12,14,17H,8-10H2,1-3H3. The number of benzene rings is 1. The Morgan fingerprint density at radius 3 is 2.76 bits per heavy atom. The Morgan fingerprint density at radius 2 is 2.12 bits per heavy atom. The lowest BCUT2D eigenvalue weighted by molar-refractivity contribution is 0.171. The van der Waals surface area contributed by atoms with Crippen LogP contribution in [0.25, 0.3) is 0 Å². The summed E-state index contributed by atoms with van der Waals surface area (Å²) in [6, 6.07) is 9.17. The highest BCUT2D eigenvalue weighted by atomic mass is 16.3. The molecule has 3 nitrogen and oxygen atoms in total. The lowest BCUT2D eigenvalue weighted by Gasteiger charge is -2.45. The number of aryl methyl sites for hydroxylation is 1. The van der Waals surface area contributed by atoms with Gasteiger partial charge in [-0.25, -0.2) is 0 Å². The summed E-state index contributed by atoms with van der Waals surface area (Å²) in [5.74, 6) is 0. The summed E-state index contributed by atoms with van der Waals surface area (Å²) in [6.07, 6.45) is 0. The number of aliphatic hydroxyl groups is 1. The molecule has 0 saturated carbocycles. The molecule has 2 atom stereocenters. The molecule has 2 unspecified atom stereocenters. The molecule has 0 bridgehead atoms. The molecule has 1 aliphatic heterocycles. The van der Waals surface area contributed by atoms with Gasteiger partial charge in [-0.2, -0.15) is 0 Å². The topological polar surface area (TPSA) is 26.7 Å².